The zero-order valence-corrected chi connectivity index (χ0v) is 11.1. The van der Waals surface area contributed by atoms with Gasteiger partial charge in [0, 0.05) is 15.7 Å². The molecule has 1 aromatic heterocycles. The van der Waals surface area contributed by atoms with Crippen molar-refractivity contribution in [1.82, 2.24) is 4.98 Å². The summed E-state index contributed by atoms with van der Waals surface area (Å²) in [6, 6.07) is 4.37. The molecule has 0 aliphatic heterocycles. The lowest BCUT2D eigenvalue weighted by Crippen LogP contribution is -2.40. The maximum absolute atomic E-state index is 3.36. The number of aromatic nitrogens is 1. The standard InChI is InChI=1S/C9H19NSi2/c1-9(2,11-3)12(4)8-6-5-7-10-8/h5-7,10,12H,11H2,1-4H3. The largest absolute Gasteiger partial charge is 0.369 e. The van der Waals surface area contributed by atoms with Crippen LogP contribution in [0, 0.1) is 0 Å². The molecule has 0 aromatic carbocycles. The smallest absolute Gasteiger partial charge is 0.0908 e. The summed E-state index contributed by atoms with van der Waals surface area (Å²) in [5.41, 5.74) is 0. The number of hydrogen-bond donors (Lipinski definition) is 1. The number of rotatable bonds is 3. The van der Waals surface area contributed by atoms with E-state index in [-0.39, 0.29) is 9.52 Å². The van der Waals surface area contributed by atoms with Crippen molar-refractivity contribution in [1.29, 1.82) is 0 Å². The minimum Gasteiger partial charge on any atom is -0.369 e. The molecular weight excluding hydrogens is 178 g/mol. The molecule has 1 heterocycles. The molecule has 1 aromatic rings. The summed E-state index contributed by atoms with van der Waals surface area (Å²) in [5, 5.41) is 1.52. The van der Waals surface area contributed by atoms with Gasteiger partial charge in [-0.3, -0.25) is 0 Å². The zero-order valence-electron chi connectivity index (χ0n) is 8.52. The predicted octanol–water partition coefficient (Wildman–Crippen LogP) is 1.03. The molecule has 0 spiro atoms. The molecule has 0 radical (unpaired) electrons. The van der Waals surface area contributed by atoms with Crippen molar-refractivity contribution < 1.29 is 0 Å². The van der Waals surface area contributed by atoms with Gasteiger partial charge in [0.1, 0.15) is 0 Å². The molecule has 1 N–H and O–H groups in total. The van der Waals surface area contributed by atoms with Crippen LogP contribution in [-0.2, 0) is 0 Å². The second kappa shape index (κ2) is 3.62. The highest BCUT2D eigenvalue weighted by atomic mass is 28.3. The molecule has 3 heteroatoms. The molecule has 0 amide bonds. The Morgan fingerprint density at radius 2 is 2.17 bits per heavy atom. The monoisotopic (exact) mass is 197 g/mol. The fraction of sp³-hybridized carbons (Fsp3) is 0.556. The molecular formula is C9H19NSi2. The van der Waals surface area contributed by atoms with Crippen molar-refractivity contribution in [3.63, 3.8) is 0 Å². The molecule has 1 atom stereocenters. The third-order valence-electron chi connectivity index (χ3n) is 3.17. The summed E-state index contributed by atoms with van der Waals surface area (Å²) in [4.78, 5) is 3.36. The highest BCUT2D eigenvalue weighted by Gasteiger charge is 2.27. The lowest BCUT2D eigenvalue weighted by molar-refractivity contribution is 0.928. The minimum absolute atomic E-state index is 0.114. The number of hydrogen-bond acceptors (Lipinski definition) is 0. The lowest BCUT2D eigenvalue weighted by atomic mass is 10.5. The fourth-order valence-corrected chi connectivity index (χ4v) is 6.04. The second-order valence-electron chi connectivity index (χ2n) is 4.19. The van der Waals surface area contributed by atoms with Crippen molar-refractivity contribution in [2.75, 3.05) is 0 Å². The molecule has 12 heavy (non-hydrogen) atoms. The first kappa shape index (κ1) is 9.80. The third kappa shape index (κ3) is 1.90. The van der Waals surface area contributed by atoms with Crippen LogP contribution in [0.1, 0.15) is 13.8 Å². The van der Waals surface area contributed by atoms with E-state index in [2.05, 4.69) is 44.1 Å². The van der Waals surface area contributed by atoms with Crippen LogP contribution in [0.4, 0.5) is 0 Å². The van der Waals surface area contributed by atoms with Crippen LogP contribution < -0.4 is 5.32 Å². The van der Waals surface area contributed by atoms with Gasteiger partial charge >= 0.3 is 0 Å². The first-order valence-electron chi connectivity index (χ1n) is 4.71. The maximum Gasteiger partial charge on any atom is 0.0908 e. The Balaban J connectivity index is 2.78. The molecule has 0 aliphatic carbocycles. The van der Waals surface area contributed by atoms with Gasteiger partial charge in [-0.2, -0.15) is 0 Å². The van der Waals surface area contributed by atoms with E-state index in [4.69, 9.17) is 0 Å². The quantitative estimate of drug-likeness (QED) is 0.697. The van der Waals surface area contributed by atoms with Crippen molar-refractivity contribution in [3.8, 4) is 0 Å². The van der Waals surface area contributed by atoms with Crippen LogP contribution in [0.5, 0.6) is 0 Å². The summed E-state index contributed by atoms with van der Waals surface area (Å²) < 4.78 is 0.671. The topological polar surface area (TPSA) is 15.8 Å². The summed E-state index contributed by atoms with van der Waals surface area (Å²) in [6.07, 6.45) is 2.05. The first-order chi connectivity index (χ1) is 5.58. The summed E-state index contributed by atoms with van der Waals surface area (Å²) in [6.45, 7) is 9.77. The van der Waals surface area contributed by atoms with Crippen LogP contribution in [0.2, 0.25) is 17.8 Å². The van der Waals surface area contributed by atoms with E-state index in [1.54, 1.807) is 0 Å². The minimum atomic E-state index is -0.715. The van der Waals surface area contributed by atoms with Crippen molar-refractivity contribution in [3.05, 3.63) is 18.3 Å². The van der Waals surface area contributed by atoms with Gasteiger partial charge in [0.05, 0.1) is 8.80 Å². The van der Waals surface area contributed by atoms with Gasteiger partial charge < -0.3 is 4.98 Å². The number of nitrogens with one attached hydrogen (secondary N) is 1. The summed E-state index contributed by atoms with van der Waals surface area (Å²) in [7, 11) is -0.601. The molecule has 1 nitrogen and oxygen atoms in total. The fourth-order valence-electron chi connectivity index (χ4n) is 1.34. The second-order valence-corrected chi connectivity index (χ2v) is 11.2. The van der Waals surface area contributed by atoms with Crippen LogP contribution in [-0.4, -0.2) is 23.3 Å². The highest BCUT2D eigenvalue weighted by Crippen LogP contribution is 2.25. The zero-order chi connectivity index (χ0) is 9.19. The van der Waals surface area contributed by atoms with E-state index in [1.165, 1.54) is 5.32 Å². The average Bonchev–Trinajstić information content (AvgIpc) is 2.55. The molecule has 0 fully saturated rings. The Morgan fingerprint density at radius 3 is 2.58 bits per heavy atom. The molecule has 0 saturated heterocycles. The Labute approximate surface area is 79.0 Å². The third-order valence-corrected chi connectivity index (χ3v) is 11.7. The maximum atomic E-state index is 3.36. The Bertz CT molecular complexity index is 229. The van der Waals surface area contributed by atoms with Gasteiger partial charge in [-0.1, -0.05) is 26.9 Å². The molecule has 1 unspecified atom stereocenters. The normalized spacial score (nSPS) is 15.7. The van der Waals surface area contributed by atoms with Gasteiger partial charge in [-0.25, -0.2) is 0 Å². The molecule has 0 aliphatic rings. The highest BCUT2D eigenvalue weighted by molar-refractivity contribution is 6.82. The number of H-pyrrole nitrogens is 1. The lowest BCUT2D eigenvalue weighted by Gasteiger charge is -2.28. The van der Waals surface area contributed by atoms with Crippen molar-refractivity contribution >= 4 is 23.6 Å². The van der Waals surface area contributed by atoms with Crippen molar-refractivity contribution in [2.24, 2.45) is 0 Å². The van der Waals surface area contributed by atoms with Crippen LogP contribution >= 0.6 is 0 Å². The van der Waals surface area contributed by atoms with E-state index < -0.39 is 8.80 Å². The summed E-state index contributed by atoms with van der Waals surface area (Å²) in [5.74, 6) is 0. The molecule has 1 rings (SSSR count). The van der Waals surface area contributed by atoms with Gasteiger partial charge in [0.15, 0.2) is 0 Å². The van der Waals surface area contributed by atoms with Gasteiger partial charge in [-0.15, -0.1) is 0 Å². The Morgan fingerprint density at radius 1 is 1.50 bits per heavy atom. The average molecular weight is 197 g/mol. The van der Waals surface area contributed by atoms with Crippen LogP contribution in [0.15, 0.2) is 18.3 Å². The SMILES string of the molecule is C[SiH2]C(C)(C)[SiH](C)c1ccc[nH]1. The van der Waals surface area contributed by atoms with Gasteiger partial charge in [0.25, 0.3) is 0 Å². The number of aromatic amines is 1. The molecule has 0 bridgehead atoms. The van der Waals surface area contributed by atoms with Gasteiger partial charge in [-0.05, 0) is 22.1 Å². The van der Waals surface area contributed by atoms with E-state index in [0.717, 1.165) is 0 Å². The van der Waals surface area contributed by atoms with Crippen LogP contribution in [0.25, 0.3) is 0 Å². The molecule has 68 valence electrons. The van der Waals surface area contributed by atoms with Gasteiger partial charge in [0.2, 0.25) is 0 Å². The Kier molecular flexibility index (Phi) is 2.96. The van der Waals surface area contributed by atoms with E-state index >= 15 is 0 Å². The van der Waals surface area contributed by atoms with E-state index in [9.17, 15) is 0 Å². The van der Waals surface area contributed by atoms with Crippen molar-refractivity contribution in [2.45, 2.75) is 31.6 Å². The first-order valence-corrected chi connectivity index (χ1v) is 9.14. The Hall–Kier alpha value is -0.286. The molecule has 0 saturated carbocycles. The van der Waals surface area contributed by atoms with E-state index in [1.807, 2.05) is 6.20 Å². The summed E-state index contributed by atoms with van der Waals surface area (Å²) >= 11 is 0. The predicted molar refractivity (Wildman–Crippen MR) is 61.9 cm³/mol. The van der Waals surface area contributed by atoms with Crippen LogP contribution in [0.3, 0.4) is 0 Å². The van der Waals surface area contributed by atoms with E-state index in [0.29, 0.717) is 4.66 Å².